The van der Waals surface area contributed by atoms with Crippen LogP contribution in [0.15, 0.2) is 42.5 Å². The van der Waals surface area contributed by atoms with Gasteiger partial charge >= 0.3 is 0 Å². The maximum absolute atomic E-state index is 12.1. The van der Waals surface area contributed by atoms with Gasteiger partial charge in [0.1, 0.15) is 5.69 Å². The zero-order chi connectivity index (χ0) is 14.7. The Kier molecular flexibility index (Phi) is 3.65. The van der Waals surface area contributed by atoms with Gasteiger partial charge in [0.05, 0.1) is 4.92 Å². The third kappa shape index (κ3) is 2.74. The number of aryl methyl sites for hydroxylation is 1. The molecule has 0 bridgehead atoms. The smallest absolute Gasteiger partial charge is 0.292 e. The van der Waals surface area contributed by atoms with Gasteiger partial charge in [0.15, 0.2) is 0 Å². The molecule has 0 fully saturated rings. The predicted molar refractivity (Wildman–Crippen MR) is 76.6 cm³/mol. The second kappa shape index (κ2) is 5.40. The van der Waals surface area contributed by atoms with Crippen molar-refractivity contribution in [1.29, 1.82) is 0 Å². The number of hydrogen-bond acceptors (Lipinski definition) is 4. The van der Waals surface area contributed by atoms with E-state index in [-0.39, 0.29) is 11.4 Å². The Balaban J connectivity index is 2.28. The molecule has 2 rings (SSSR count). The summed E-state index contributed by atoms with van der Waals surface area (Å²) in [5, 5.41) is 13.4. The molecule has 0 unspecified atom stereocenters. The molecule has 6 heteroatoms. The third-order valence-electron chi connectivity index (χ3n) is 2.88. The number of nitrogens with one attached hydrogen (secondary N) is 1. The Hall–Kier alpha value is -2.89. The molecule has 0 spiro atoms. The normalized spacial score (nSPS) is 10.1. The number of nitrogen functional groups attached to an aromatic ring is 1. The van der Waals surface area contributed by atoms with Gasteiger partial charge in [-0.25, -0.2) is 0 Å². The summed E-state index contributed by atoms with van der Waals surface area (Å²) in [4.78, 5) is 22.4. The van der Waals surface area contributed by atoms with Gasteiger partial charge in [-0.2, -0.15) is 0 Å². The van der Waals surface area contributed by atoms with E-state index in [1.807, 2.05) is 0 Å². The number of para-hydroxylation sites is 2. The van der Waals surface area contributed by atoms with Gasteiger partial charge in [-0.3, -0.25) is 14.9 Å². The first-order chi connectivity index (χ1) is 9.49. The summed E-state index contributed by atoms with van der Waals surface area (Å²) in [6.07, 6.45) is 0. The number of nitrogens with two attached hydrogens (primary N) is 1. The van der Waals surface area contributed by atoms with Crippen molar-refractivity contribution in [3.8, 4) is 0 Å². The molecule has 6 nitrogen and oxygen atoms in total. The van der Waals surface area contributed by atoms with Gasteiger partial charge in [0, 0.05) is 17.3 Å². The summed E-state index contributed by atoms with van der Waals surface area (Å²) < 4.78 is 0. The molecular formula is C14H13N3O3. The van der Waals surface area contributed by atoms with E-state index in [1.54, 1.807) is 37.3 Å². The molecule has 0 aliphatic rings. The monoisotopic (exact) mass is 271 g/mol. The van der Waals surface area contributed by atoms with Crippen molar-refractivity contribution < 1.29 is 9.72 Å². The predicted octanol–water partition coefficient (Wildman–Crippen LogP) is 2.74. The number of carbonyl (C=O) groups excluding carboxylic acids is 1. The number of carbonyl (C=O) groups is 1. The van der Waals surface area contributed by atoms with Crippen LogP contribution in [-0.2, 0) is 0 Å². The minimum absolute atomic E-state index is 0.145. The molecule has 0 aliphatic heterocycles. The molecule has 0 aromatic heterocycles. The van der Waals surface area contributed by atoms with Crippen LogP contribution in [0.25, 0.3) is 0 Å². The average molecular weight is 271 g/mol. The lowest BCUT2D eigenvalue weighted by Crippen LogP contribution is -2.13. The number of rotatable bonds is 3. The molecule has 0 saturated heterocycles. The fourth-order valence-corrected chi connectivity index (χ4v) is 1.75. The van der Waals surface area contributed by atoms with Crippen LogP contribution in [-0.4, -0.2) is 10.8 Å². The minimum atomic E-state index is -0.538. The molecule has 0 heterocycles. The van der Waals surface area contributed by atoms with E-state index >= 15 is 0 Å². The number of nitrogens with zero attached hydrogens (tertiary/aromatic N) is 1. The van der Waals surface area contributed by atoms with Crippen molar-refractivity contribution in [3.05, 3.63) is 63.7 Å². The second-order valence-corrected chi connectivity index (χ2v) is 4.30. The second-order valence-electron chi connectivity index (χ2n) is 4.30. The minimum Gasteiger partial charge on any atom is -0.399 e. The van der Waals surface area contributed by atoms with E-state index < -0.39 is 10.8 Å². The van der Waals surface area contributed by atoms with Gasteiger partial charge in [-0.1, -0.05) is 12.1 Å². The number of nitro groups is 1. The number of anilines is 2. The molecule has 2 aromatic carbocycles. The quantitative estimate of drug-likeness (QED) is 0.509. The summed E-state index contributed by atoms with van der Waals surface area (Å²) in [6, 6.07) is 10.8. The molecule has 102 valence electrons. The average Bonchev–Trinajstić information content (AvgIpc) is 2.42. The van der Waals surface area contributed by atoms with Crippen molar-refractivity contribution in [1.82, 2.24) is 0 Å². The van der Waals surface area contributed by atoms with E-state index in [1.165, 1.54) is 12.1 Å². The van der Waals surface area contributed by atoms with Crippen molar-refractivity contribution in [2.24, 2.45) is 0 Å². The zero-order valence-corrected chi connectivity index (χ0v) is 10.8. The highest BCUT2D eigenvalue weighted by Crippen LogP contribution is 2.24. The highest BCUT2D eigenvalue weighted by molar-refractivity contribution is 6.05. The fourth-order valence-electron chi connectivity index (χ4n) is 1.75. The first-order valence-corrected chi connectivity index (χ1v) is 5.90. The van der Waals surface area contributed by atoms with E-state index in [2.05, 4.69) is 5.32 Å². The van der Waals surface area contributed by atoms with E-state index in [0.29, 0.717) is 11.3 Å². The van der Waals surface area contributed by atoms with Crippen LogP contribution in [0.5, 0.6) is 0 Å². The van der Waals surface area contributed by atoms with Crippen molar-refractivity contribution in [2.75, 3.05) is 11.1 Å². The standard InChI is InChI=1S/C14H13N3O3/c1-9-8-10(6-7-11(9)15)14(18)16-12-4-2-3-5-13(12)17(19)20/h2-8H,15H2,1H3,(H,16,18). The van der Waals surface area contributed by atoms with E-state index in [4.69, 9.17) is 5.73 Å². The summed E-state index contributed by atoms with van der Waals surface area (Å²) in [6.45, 7) is 1.79. The molecule has 0 aliphatic carbocycles. The van der Waals surface area contributed by atoms with Crippen molar-refractivity contribution >= 4 is 23.0 Å². The van der Waals surface area contributed by atoms with Crippen molar-refractivity contribution in [3.63, 3.8) is 0 Å². The van der Waals surface area contributed by atoms with E-state index in [0.717, 1.165) is 5.56 Å². The van der Waals surface area contributed by atoms with Gasteiger partial charge in [-0.15, -0.1) is 0 Å². The number of hydrogen-bond donors (Lipinski definition) is 2. The lowest BCUT2D eigenvalue weighted by molar-refractivity contribution is -0.383. The van der Waals surface area contributed by atoms with Crippen LogP contribution in [0.3, 0.4) is 0 Å². The third-order valence-corrected chi connectivity index (χ3v) is 2.88. The maximum atomic E-state index is 12.1. The number of amides is 1. The molecule has 0 atom stereocenters. The Labute approximate surface area is 115 Å². The highest BCUT2D eigenvalue weighted by Gasteiger charge is 2.15. The first-order valence-electron chi connectivity index (χ1n) is 5.90. The summed E-state index contributed by atoms with van der Waals surface area (Å²) in [5.41, 5.74) is 7.47. The fraction of sp³-hybridized carbons (Fsp3) is 0.0714. The Morgan fingerprint density at radius 1 is 1.25 bits per heavy atom. The van der Waals surface area contributed by atoms with Gasteiger partial charge < -0.3 is 11.1 Å². The highest BCUT2D eigenvalue weighted by atomic mass is 16.6. The van der Waals surface area contributed by atoms with Gasteiger partial charge in [0.2, 0.25) is 0 Å². The summed E-state index contributed by atoms with van der Waals surface area (Å²) >= 11 is 0. The van der Waals surface area contributed by atoms with Crippen LogP contribution in [0.2, 0.25) is 0 Å². The van der Waals surface area contributed by atoms with Crippen molar-refractivity contribution in [2.45, 2.75) is 6.92 Å². The first kappa shape index (κ1) is 13.5. The number of benzene rings is 2. The zero-order valence-electron chi connectivity index (χ0n) is 10.8. The Morgan fingerprint density at radius 3 is 2.60 bits per heavy atom. The molecule has 2 aromatic rings. The SMILES string of the molecule is Cc1cc(C(=O)Nc2ccccc2[N+](=O)[O-])ccc1N. The lowest BCUT2D eigenvalue weighted by atomic mass is 10.1. The molecule has 0 radical (unpaired) electrons. The van der Waals surface area contributed by atoms with E-state index in [9.17, 15) is 14.9 Å². The van der Waals surface area contributed by atoms with Crippen LogP contribution >= 0.6 is 0 Å². The molecular weight excluding hydrogens is 258 g/mol. The molecule has 20 heavy (non-hydrogen) atoms. The van der Waals surface area contributed by atoms with Gasteiger partial charge in [-0.05, 0) is 36.8 Å². The Morgan fingerprint density at radius 2 is 1.95 bits per heavy atom. The molecule has 3 N–H and O–H groups in total. The van der Waals surface area contributed by atoms with Crippen LogP contribution in [0.4, 0.5) is 17.1 Å². The number of nitro benzene ring substituents is 1. The Bertz CT molecular complexity index is 683. The molecule has 1 amide bonds. The molecule has 0 saturated carbocycles. The summed E-state index contributed by atoms with van der Waals surface area (Å²) in [5.74, 6) is -0.414. The van der Waals surface area contributed by atoms with Crippen LogP contribution in [0.1, 0.15) is 15.9 Å². The lowest BCUT2D eigenvalue weighted by Gasteiger charge is -2.07. The topological polar surface area (TPSA) is 98.3 Å². The summed E-state index contributed by atoms with van der Waals surface area (Å²) in [7, 11) is 0. The largest absolute Gasteiger partial charge is 0.399 e. The van der Waals surface area contributed by atoms with Crippen LogP contribution < -0.4 is 11.1 Å². The van der Waals surface area contributed by atoms with Crippen LogP contribution in [0, 0.1) is 17.0 Å². The maximum Gasteiger partial charge on any atom is 0.292 e. The van der Waals surface area contributed by atoms with Gasteiger partial charge in [0.25, 0.3) is 11.6 Å².